The van der Waals surface area contributed by atoms with Crippen molar-refractivity contribution in [3.63, 3.8) is 0 Å². The van der Waals surface area contributed by atoms with E-state index in [0.29, 0.717) is 18.6 Å². The first-order valence-electron chi connectivity index (χ1n) is 8.75. The lowest BCUT2D eigenvalue weighted by Gasteiger charge is -2.33. The number of aryl methyl sites for hydroxylation is 2. The van der Waals surface area contributed by atoms with E-state index >= 15 is 0 Å². The van der Waals surface area contributed by atoms with Crippen LogP contribution in [0.2, 0.25) is 0 Å². The number of benzene rings is 1. The minimum atomic E-state index is 0.321. The number of tetrazole rings is 1. The summed E-state index contributed by atoms with van der Waals surface area (Å²) in [5, 5.41) is 21.7. The van der Waals surface area contributed by atoms with Crippen LogP contribution in [0.25, 0.3) is 5.69 Å². The first-order chi connectivity index (χ1) is 11.6. The van der Waals surface area contributed by atoms with Crippen LogP contribution >= 0.6 is 0 Å². The lowest BCUT2D eigenvalue weighted by atomic mass is 9.86. The van der Waals surface area contributed by atoms with Gasteiger partial charge < -0.3 is 5.11 Å². The Morgan fingerprint density at radius 2 is 1.83 bits per heavy atom. The van der Waals surface area contributed by atoms with Gasteiger partial charge in [-0.2, -0.15) is 4.68 Å². The second-order valence-corrected chi connectivity index (χ2v) is 7.02. The summed E-state index contributed by atoms with van der Waals surface area (Å²) >= 11 is 0. The summed E-state index contributed by atoms with van der Waals surface area (Å²) in [4.78, 5) is 2.35. The van der Waals surface area contributed by atoms with Gasteiger partial charge in [0.15, 0.2) is 5.82 Å². The van der Waals surface area contributed by atoms with E-state index in [-0.39, 0.29) is 0 Å². The quantitative estimate of drug-likeness (QED) is 0.911. The molecule has 1 N–H and O–H groups in total. The molecular weight excluding hydrogens is 302 g/mol. The second-order valence-electron chi connectivity index (χ2n) is 7.02. The van der Waals surface area contributed by atoms with Crippen LogP contribution in [0.5, 0.6) is 0 Å². The zero-order valence-electron chi connectivity index (χ0n) is 14.8. The number of hydrogen-bond acceptors (Lipinski definition) is 5. The average Bonchev–Trinajstić information content (AvgIpc) is 3.02. The Bertz CT molecular complexity index is 656. The van der Waals surface area contributed by atoms with Crippen molar-refractivity contribution in [3.8, 4) is 5.69 Å². The molecule has 0 aliphatic heterocycles. The number of rotatable bonds is 5. The van der Waals surface area contributed by atoms with E-state index in [1.54, 1.807) is 0 Å². The smallest absolute Gasteiger partial charge is 0.170 e. The van der Waals surface area contributed by atoms with Crippen LogP contribution in [0.1, 0.15) is 42.6 Å². The van der Waals surface area contributed by atoms with Crippen molar-refractivity contribution in [2.45, 2.75) is 52.1 Å². The van der Waals surface area contributed by atoms with Crippen molar-refractivity contribution in [3.05, 3.63) is 35.2 Å². The normalized spacial score (nSPS) is 21.4. The maximum absolute atomic E-state index is 9.29. The van der Waals surface area contributed by atoms with Gasteiger partial charge in [-0.15, -0.1) is 5.10 Å². The first-order valence-corrected chi connectivity index (χ1v) is 8.75. The molecule has 24 heavy (non-hydrogen) atoms. The van der Waals surface area contributed by atoms with Gasteiger partial charge in [0.2, 0.25) is 0 Å². The molecule has 0 bridgehead atoms. The molecule has 2 aromatic rings. The van der Waals surface area contributed by atoms with E-state index < -0.39 is 0 Å². The van der Waals surface area contributed by atoms with E-state index in [1.807, 2.05) is 4.68 Å². The molecule has 1 fully saturated rings. The van der Waals surface area contributed by atoms with E-state index in [2.05, 4.69) is 59.5 Å². The van der Waals surface area contributed by atoms with Gasteiger partial charge in [-0.25, -0.2) is 0 Å². The highest BCUT2D eigenvalue weighted by atomic mass is 16.3. The van der Waals surface area contributed by atoms with Crippen LogP contribution in [-0.4, -0.2) is 49.9 Å². The van der Waals surface area contributed by atoms with Crippen LogP contribution in [0.3, 0.4) is 0 Å². The number of nitrogens with zero attached hydrogens (tertiary/aromatic N) is 5. The topological polar surface area (TPSA) is 67.1 Å². The van der Waals surface area contributed by atoms with Crippen molar-refractivity contribution in [1.82, 2.24) is 25.1 Å². The molecule has 1 saturated carbocycles. The van der Waals surface area contributed by atoms with Crippen LogP contribution in [0, 0.1) is 19.8 Å². The molecule has 6 nitrogen and oxygen atoms in total. The van der Waals surface area contributed by atoms with Gasteiger partial charge >= 0.3 is 0 Å². The standard InChI is InChI=1S/C18H27N5O/c1-13-5-4-6-14(2)18(13)23-17(19-20-21-23)11-22(3)16-9-7-15(12-24)8-10-16/h4-6,15-16,24H,7-12H2,1-3H3. The van der Waals surface area contributed by atoms with Crippen LogP contribution in [0.4, 0.5) is 0 Å². The summed E-state index contributed by atoms with van der Waals surface area (Å²) in [7, 11) is 2.15. The van der Waals surface area contributed by atoms with Crippen LogP contribution in [-0.2, 0) is 6.54 Å². The number of aliphatic hydroxyl groups excluding tert-OH is 1. The summed E-state index contributed by atoms with van der Waals surface area (Å²) < 4.78 is 1.88. The molecule has 1 aromatic carbocycles. The molecule has 3 rings (SSSR count). The molecule has 0 amide bonds. The second kappa shape index (κ2) is 7.40. The SMILES string of the molecule is Cc1cccc(C)c1-n1nnnc1CN(C)C1CCC(CO)CC1. The third-order valence-corrected chi connectivity index (χ3v) is 5.27. The monoisotopic (exact) mass is 329 g/mol. The summed E-state index contributed by atoms with van der Waals surface area (Å²) in [6, 6.07) is 6.78. The molecule has 0 unspecified atom stereocenters. The summed E-state index contributed by atoms with van der Waals surface area (Å²) in [6.07, 6.45) is 4.47. The zero-order valence-corrected chi connectivity index (χ0v) is 14.8. The highest BCUT2D eigenvalue weighted by Gasteiger charge is 2.25. The van der Waals surface area contributed by atoms with Crippen molar-refractivity contribution in [1.29, 1.82) is 0 Å². The van der Waals surface area contributed by atoms with Gasteiger partial charge in [-0.05, 0) is 74.1 Å². The number of hydrogen-bond donors (Lipinski definition) is 1. The Hall–Kier alpha value is -1.79. The largest absolute Gasteiger partial charge is 0.396 e. The van der Waals surface area contributed by atoms with Crippen molar-refractivity contribution >= 4 is 0 Å². The predicted octanol–water partition coefficient (Wildman–Crippen LogP) is 2.26. The van der Waals surface area contributed by atoms with Crippen molar-refractivity contribution < 1.29 is 5.11 Å². The highest BCUT2D eigenvalue weighted by Crippen LogP contribution is 2.27. The lowest BCUT2D eigenvalue weighted by Crippen LogP contribution is -2.36. The highest BCUT2D eigenvalue weighted by molar-refractivity contribution is 5.46. The van der Waals surface area contributed by atoms with E-state index in [4.69, 9.17) is 0 Å². The van der Waals surface area contributed by atoms with Crippen molar-refractivity contribution in [2.24, 2.45) is 5.92 Å². The molecule has 1 aliphatic rings. The Morgan fingerprint density at radius 3 is 2.46 bits per heavy atom. The zero-order chi connectivity index (χ0) is 17.1. The van der Waals surface area contributed by atoms with E-state index in [1.165, 1.54) is 11.1 Å². The Balaban J connectivity index is 1.74. The molecule has 0 atom stereocenters. The Morgan fingerprint density at radius 1 is 1.17 bits per heavy atom. The van der Waals surface area contributed by atoms with Gasteiger partial charge in [0.05, 0.1) is 12.2 Å². The van der Waals surface area contributed by atoms with Crippen LogP contribution < -0.4 is 0 Å². The first kappa shape index (κ1) is 17.0. The van der Waals surface area contributed by atoms with Crippen molar-refractivity contribution in [2.75, 3.05) is 13.7 Å². The van der Waals surface area contributed by atoms with Gasteiger partial charge in [0.25, 0.3) is 0 Å². The molecule has 0 saturated heterocycles. The lowest BCUT2D eigenvalue weighted by molar-refractivity contribution is 0.122. The maximum Gasteiger partial charge on any atom is 0.170 e. The van der Waals surface area contributed by atoms with Gasteiger partial charge in [0.1, 0.15) is 0 Å². The van der Waals surface area contributed by atoms with E-state index in [9.17, 15) is 5.11 Å². The molecule has 1 aromatic heterocycles. The molecule has 130 valence electrons. The molecule has 0 radical (unpaired) electrons. The number of aliphatic hydroxyl groups is 1. The molecular formula is C18H27N5O. The fraction of sp³-hybridized carbons (Fsp3) is 0.611. The Kier molecular flexibility index (Phi) is 5.26. The molecule has 6 heteroatoms. The molecule has 0 spiro atoms. The maximum atomic E-state index is 9.29. The fourth-order valence-corrected chi connectivity index (χ4v) is 3.74. The molecule has 1 heterocycles. The number of aromatic nitrogens is 4. The third-order valence-electron chi connectivity index (χ3n) is 5.27. The third kappa shape index (κ3) is 3.49. The Labute approximate surface area is 143 Å². The average molecular weight is 329 g/mol. The van der Waals surface area contributed by atoms with Crippen LogP contribution in [0.15, 0.2) is 18.2 Å². The minimum Gasteiger partial charge on any atom is -0.396 e. The van der Waals surface area contributed by atoms with E-state index in [0.717, 1.165) is 43.7 Å². The van der Waals surface area contributed by atoms with Gasteiger partial charge in [-0.3, -0.25) is 4.90 Å². The summed E-state index contributed by atoms with van der Waals surface area (Å²) in [5.74, 6) is 1.36. The minimum absolute atomic E-state index is 0.321. The molecule has 1 aliphatic carbocycles. The van der Waals surface area contributed by atoms with Gasteiger partial charge in [-0.1, -0.05) is 18.2 Å². The predicted molar refractivity (Wildman–Crippen MR) is 92.9 cm³/mol. The van der Waals surface area contributed by atoms with Gasteiger partial charge in [0, 0.05) is 12.6 Å². The fourth-order valence-electron chi connectivity index (χ4n) is 3.74. The summed E-state index contributed by atoms with van der Waals surface area (Å²) in [5.41, 5.74) is 3.43. The number of para-hydroxylation sites is 1. The summed E-state index contributed by atoms with van der Waals surface area (Å²) in [6.45, 7) is 5.23.